The number of fused-ring (bicyclic) bond motifs is 1. The maximum atomic E-state index is 12.1. The molecule has 0 saturated carbocycles. The molecule has 0 aromatic carbocycles. The first kappa shape index (κ1) is 15.7. The number of aromatic nitrogens is 4. The van der Waals surface area contributed by atoms with Crippen molar-refractivity contribution in [2.45, 2.75) is 32.9 Å². The Balaban J connectivity index is 2.39. The molecular weight excluding hydrogens is 338 g/mol. The maximum Gasteiger partial charge on any atom is 0.328 e. The van der Waals surface area contributed by atoms with Crippen molar-refractivity contribution in [3.63, 3.8) is 0 Å². The van der Waals surface area contributed by atoms with E-state index in [0.717, 1.165) is 5.39 Å². The Morgan fingerprint density at radius 1 is 1.38 bits per heavy atom. The van der Waals surface area contributed by atoms with E-state index >= 15 is 0 Å². The molecule has 0 aliphatic rings. The van der Waals surface area contributed by atoms with Crippen molar-refractivity contribution < 1.29 is 9.53 Å². The molecule has 0 fully saturated rings. The van der Waals surface area contributed by atoms with Crippen LogP contribution in [0.2, 0.25) is 0 Å². The van der Waals surface area contributed by atoms with Gasteiger partial charge in [-0.05, 0) is 36.7 Å². The lowest BCUT2D eigenvalue weighted by atomic mass is 10.2. The highest BCUT2D eigenvalue weighted by Gasteiger charge is 2.25. The van der Waals surface area contributed by atoms with Crippen molar-refractivity contribution in [2.75, 3.05) is 11.9 Å². The average Bonchev–Trinajstić information content (AvgIpc) is 2.72. The summed E-state index contributed by atoms with van der Waals surface area (Å²) in [4.78, 5) is 22.3. The van der Waals surface area contributed by atoms with Gasteiger partial charge in [0, 0.05) is 14.1 Å². The fourth-order valence-corrected chi connectivity index (χ4v) is 2.56. The summed E-state index contributed by atoms with van der Waals surface area (Å²) in [7, 11) is 3.60. The number of anilines is 1. The highest BCUT2D eigenvalue weighted by Crippen LogP contribution is 2.29. The second-order valence-corrected chi connectivity index (χ2v) is 5.83. The number of hydrogen-bond acceptors (Lipinski definition) is 6. The quantitative estimate of drug-likeness (QED) is 0.780. The summed E-state index contributed by atoms with van der Waals surface area (Å²) < 4.78 is 7.55. The van der Waals surface area contributed by atoms with Gasteiger partial charge < -0.3 is 9.64 Å². The molecule has 0 N–H and O–H groups in total. The lowest BCUT2D eigenvalue weighted by molar-refractivity contribution is -0.148. The number of carbonyl (C=O) groups excluding carboxylic acids is 1. The van der Waals surface area contributed by atoms with Crippen LogP contribution < -0.4 is 4.90 Å². The number of halogens is 1. The van der Waals surface area contributed by atoms with Crippen molar-refractivity contribution in [3.8, 4) is 0 Å². The van der Waals surface area contributed by atoms with Crippen LogP contribution in [0.4, 0.5) is 5.82 Å². The molecule has 114 valence electrons. The zero-order valence-corrected chi connectivity index (χ0v) is 14.2. The number of ether oxygens (including phenoxy) is 1. The van der Waals surface area contributed by atoms with E-state index in [-0.39, 0.29) is 12.1 Å². The first-order valence-electron chi connectivity index (χ1n) is 6.59. The molecule has 1 atom stereocenters. The van der Waals surface area contributed by atoms with Gasteiger partial charge in [0.15, 0.2) is 5.65 Å². The summed E-state index contributed by atoms with van der Waals surface area (Å²) >= 11 is 3.41. The lowest BCUT2D eigenvalue weighted by Crippen LogP contribution is -2.38. The van der Waals surface area contributed by atoms with Crippen LogP contribution in [0.1, 0.15) is 20.8 Å². The number of carbonyl (C=O) groups is 1. The molecule has 8 heteroatoms. The fraction of sp³-hybridized carbons (Fsp3) is 0.538. The molecular formula is C13H18BrN5O2. The van der Waals surface area contributed by atoms with E-state index in [2.05, 4.69) is 31.0 Å². The van der Waals surface area contributed by atoms with Gasteiger partial charge in [0.25, 0.3) is 0 Å². The van der Waals surface area contributed by atoms with Gasteiger partial charge >= 0.3 is 5.97 Å². The summed E-state index contributed by atoms with van der Waals surface area (Å²) in [6, 6.07) is -0.461. The van der Waals surface area contributed by atoms with Crippen molar-refractivity contribution >= 4 is 38.8 Å². The third kappa shape index (κ3) is 2.99. The van der Waals surface area contributed by atoms with E-state index in [4.69, 9.17) is 4.74 Å². The molecule has 1 unspecified atom stereocenters. The Morgan fingerprint density at radius 2 is 2.05 bits per heavy atom. The van der Waals surface area contributed by atoms with Gasteiger partial charge in [0.05, 0.1) is 11.5 Å². The third-order valence-corrected chi connectivity index (χ3v) is 3.72. The minimum atomic E-state index is -0.461. The smallest absolute Gasteiger partial charge is 0.328 e. The summed E-state index contributed by atoms with van der Waals surface area (Å²) in [6.07, 6.45) is 1.31. The number of esters is 1. The normalized spacial score (nSPS) is 12.7. The topological polar surface area (TPSA) is 73.1 Å². The second-order valence-electron chi connectivity index (χ2n) is 5.08. The Hall–Kier alpha value is -1.70. The molecule has 0 spiro atoms. The largest absolute Gasteiger partial charge is 0.461 e. The van der Waals surface area contributed by atoms with E-state index in [1.165, 1.54) is 6.33 Å². The zero-order valence-electron chi connectivity index (χ0n) is 12.7. The van der Waals surface area contributed by atoms with Crippen molar-refractivity contribution in [1.82, 2.24) is 19.7 Å². The third-order valence-electron chi connectivity index (χ3n) is 3.17. The Bertz CT molecular complexity index is 670. The molecule has 0 aliphatic heterocycles. The van der Waals surface area contributed by atoms with Gasteiger partial charge in [-0.1, -0.05) is 0 Å². The molecule has 0 saturated heterocycles. The van der Waals surface area contributed by atoms with Gasteiger partial charge in [-0.3, -0.25) is 0 Å². The van der Waals surface area contributed by atoms with Crippen LogP contribution in [-0.2, 0) is 16.6 Å². The Morgan fingerprint density at radius 3 is 2.67 bits per heavy atom. The molecule has 2 rings (SSSR count). The van der Waals surface area contributed by atoms with E-state index < -0.39 is 6.04 Å². The van der Waals surface area contributed by atoms with Crippen LogP contribution in [0.3, 0.4) is 0 Å². The predicted octanol–water partition coefficient (Wildman–Crippen LogP) is 1.90. The number of aryl methyl sites for hydroxylation is 1. The molecule has 0 aliphatic carbocycles. The molecule has 2 aromatic heterocycles. The molecule has 2 heterocycles. The predicted molar refractivity (Wildman–Crippen MR) is 83.1 cm³/mol. The highest BCUT2D eigenvalue weighted by atomic mass is 79.9. The van der Waals surface area contributed by atoms with Crippen molar-refractivity contribution in [3.05, 3.63) is 10.9 Å². The minimum absolute atomic E-state index is 0.149. The molecule has 7 nitrogen and oxygen atoms in total. The van der Waals surface area contributed by atoms with Crippen LogP contribution in [-0.4, -0.2) is 44.9 Å². The van der Waals surface area contributed by atoms with Gasteiger partial charge in [0.1, 0.15) is 22.8 Å². The summed E-state index contributed by atoms with van der Waals surface area (Å²) in [5.41, 5.74) is 0.697. The summed E-state index contributed by atoms with van der Waals surface area (Å²) in [5.74, 6) is 0.340. The Kier molecular flexibility index (Phi) is 4.46. The van der Waals surface area contributed by atoms with Gasteiger partial charge in [0.2, 0.25) is 0 Å². The van der Waals surface area contributed by atoms with E-state index in [1.54, 1.807) is 30.6 Å². The van der Waals surface area contributed by atoms with Crippen molar-refractivity contribution in [2.24, 2.45) is 7.05 Å². The molecule has 0 bridgehead atoms. The van der Waals surface area contributed by atoms with Gasteiger partial charge in [-0.2, -0.15) is 5.10 Å². The van der Waals surface area contributed by atoms with Gasteiger partial charge in [-0.15, -0.1) is 0 Å². The first-order valence-corrected chi connectivity index (χ1v) is 7.38. The van der Waals surface area contributed by atoms with Crippen LogP contribution in [0.15, 0.2) is 10.9 Å². The Labute approximate surface area is 131 Å². The number of hydrogen-bond donors (Lipinski definition) is 0. The van der Waals surface area contributed by atoms with Crippen molar-refractivity contribution in [1.29, 1.82) is 0 Å². The van der Waals surface area contributed by atoms with E-state index in [9.17, 15) is 4.79 Å². The van der Waals surface area contributed by atoms with Crippen LogP contribution in [0, 0.1) is 0 Å². The summed E-state index contributed by atoms with van der Waals surface area (Å²) in [6.45, 7) is 5.43. The lowest BCUT2D eigenvalue weighted by Gasteiger charge is -2.25. The SMILES string of the molecule is CC(C)OC(=O)C(C)N(C)c1ncnc2c1c(Br)nn2C. The molecule has 2 aromatic rings. The standard InChI is InChI=1S/C13H18BrN5O2/c1-7(2)21-13(20)8(3)18(4)11-9-10(14)17-19(5)12(9)16-6-15-11/h6-8H,1-5H3. The first-order chi connectivity index (χ1) is 9.82. The molecule has 0 amide bonds. The monoisotopic (exact) mass is 355 g/mol. The van der Waals surface area contributed by atoms with Crippen LogP contribution in [0.25, 0.3) is 11.0 Å². The molecule has 21 heavy (non-hydrogen) atoms. The number of nitrogens with zero attached hydrogens (tertiary/aromatic N) is 5. The van der Waals surface area contributed by atoms with Crippen LogP contribution in [0.5, 0.6) is 0 Å². The second kappa shape index (κ2) is 5.97. The molecule has 0 radical (unpaired) electrons. The van der Waals surface area contributed by atoms with Crippen LogP contribution >= 0.6 is 15.9 Å². The average molecular weight is 356 g/mol. The summed E-state index contributed by atoms with van der Waals surface area (Å²) in [5, 5.41) is 5.04. The maximum absolute atomic E-state index is 12.1. The van der Waals surface area contributed by atoms with Gasteiger partial charge in [-0.25, -0.2) is 19.4 Å². The van der Waals surface area contributed by atoms with E-state index in [0.29, 0.717) is 16.1 Å². The minimum Gasteiger partial charge on any atom is -0.461 e. The highest BCUT2D eigenvalue weighted by molar-refractivity contribution is 9.10. The number of likely N-dealkylation sites (N-methyl/N-ethyl adjacent to an activating group) is 1. The number of rotatable bonds is 4. The van der Waals surface area contributed by atoms with E-state index in [1.807, 2.05) is 13.8 Å². The fourth-order valence-electron chi connectivity index (χ4n) is 1.97. The zero-order chi connectivity index (χ0) is 15.7.